The Hall–Kier alpha value is -4.02. The largest absolute Gasteiger partial charge is 0.378 e. The van der Waals surface area contributed by atoms with Crippen molar-refractivity contribution in [1.82, 2.24) is 25.3 Å². The number of ether oxygens (including phenoxy) is 1. The lowest BCUT2D eigenvalue weighted by molar-refractivity contribution is 0.122. The van der Waals surface area contributed by atoms with E-state index in [1.807, 2.05) is 66.4 Å². The van der Waals surface area contributed by atoms with Crippen molar-refractivity contribution in [3.8, 4) is 11.1 Å². The van der Waals surface area contributed by atoms with Gasteiger partial charge in [-0.15, -0.1) is 0 Å². The van der Waals surface area contributed by atoms with Crippen molar-refractivity contribution in [3.05, 3.63) is 70.0 Å². The van der Waals surface area contributed by atoms with Gasteiger partial charge in [0.15, 0.2) is 0 Å². The fraction of sp³-hybridized carbons (Fsp3) is 0.514. The van der Waals surface area contributed by atoms with Crippen molar-refractivity contribution in [2.75, 3.05) is 62.1 Å². The maximum Gasteiger partial charge on any atom is 0.253 e. The van der Waals surface area contributed by atoms with E-state index < -0.39 is 0 Å². The Morgan fingerprint density at radius 1 is 0.957 bits per heavy atom. The molecule has 0 atom stereocenters. The van der Waals surface area contributed by atoms with Crippen LogP contribution < -0.4 is 26.0 Å². The van der Waals surface area contributed by atoms with Crippen molar-refractivity contribution < 1.29 is 4.74 Å². The first kappa shape index (κ1) is 35.8. The second-order valence-electron chi connectivity index (χ2n) is 12.0. The molecular formula is C37H54N8O2. The molecule has 0 unspecified atom stereocenters. The molecule has 1 saturated carbocycles. The molecule has 4 heterocycles. The van der Waals surface area contributed by atoms with Gasteiger partial charge in [0.05, 0.1) is 13.2 Å². The maximum atomic E-state index is 12.7. The molecule has 1 aromatic carbocycles. The minimum absolute atomic E-state index is 0.0615. The number of rotatable bonds is 8. The molecule has 3 aromatic heterocycles. The molecule has 6 rings (SSSR count). The summed E-state index contributed by atoms with van der Waals surface area (Å²) >= 11 is 0. The predicted octanol–water partition coefficient (Wildman–Crippen LogP) is 6.47. The van der Waals surface area contributed by atoms with Crippen LogP contribution in [0.4, 0.5) is 17.5 Å². The average molecular weight is 643 g/mol. The molecule has 0 radical (unpaired) electrons. The molecule has 0 spiro atoms. The van der Waals surface area contributed by atoms with E-state index in [9.17, 15) is 4.79 Å². The van der Waals surface area contributed by atoms with Gasteiger partial charge < -0.3 is 30.2 Å². The molecule has 2 aliphatic rings. The summed E-state index contributed by atoms with van der Waals surface area (Å²) < 4.78 is 5.50. The number of aryl methyl sites for hydroxylation is 2. The zero-order valence-electron chi connectivity index (χ0n) is 29.4. The van der Waals surface area contributed by atoms with Gasteiger partial charge in [-0.2, -0.15) is 0 Å². The van der Waals surface area contributed by atoms with Crippen LogP contribution in [0.1, 0.15) is 69.7 Å². The lowest BCUT2D eigenvalue weighted by Crippen LogP contribution is -2.37. The van der Waals surface area contributed by atoms with Crippen LogP contribution >= 0.6 is 0 Å². The summed E-state index contributed by atoms with van der Waals surface area (Å²) in [6.45, 7) is 14.5. The van der Waals surface area contributed by atoms with E-state index in [1.165, 1.54) is 37.8 Å². The maximum absolute atomic E-state index is 12.7. The van der Waals surface area contributed by atoms with Gasteiger partial charge in [-0.1, -0.05) is 33.1 Å². The van der Waals surface area contributed by atoms with E-state index in [1.54, 1.807) is 0 Å². The topological polar surface area (TPSA) is 111 Å². The quantitative estimate of drug-likeness (QED) is 0.199. The minimum Gasteiger partial charge on any atom is -0.378 e. The normalized spacial score (nSPS) is 14.9. The summed E-state index contributed by atoms with van der Waals surface area (Å²) in [5.41, 5.74) is 5.73. The van der Waals surface area contributed by atoms with Gasteiger partial charge in [0.1, 0.15) is 5.82 Å². The summed E-state index contributed by atoms with van der Waals surface area (Å²) in [5, 5.41) is 8.43. The van der Waals surface area contributed by atoms with Gasteiger partial charge in [0.2, 0.25) is 5.95 Å². The highest BCUT2D eigenvalue weighted by Gasteiger charge is 2.23. The fourth-order valence-electron chi connectivity index (χ4n) is 6.50. The van der Waals surface area contributed by atoms with Gasteiger partial charge >= 0.3 is 0 Å². The monoisotopic (exact) mass is 642 g/mol. The van der Waals surface area contributed by atoms with Crippen molar-refractivity contribution in [3.63, 3.8) is 0 Å². The zero-order chi connectivity index (χ0) is 33.8. The number of fused-ring (bicyclic) bond motifs is 1. The van der Waals surface area contributed by atoms with Crippen molar-refractivity contribution >= 4 is 28.2 Å². The molecule has 0 bridgehead atoms. The Balaban J connectivity index is 0.000000947. The van der Waals surface area contributed by atoms with Crippen molar-refractivity contribution in [2.24, 2.45) is 0 Å². The minimum atomic E-state index is -0.0615. The average Bonchev–Trinajstić information content (AvgIpc) is 3.10. The molecular weight excluding hydrogens is 588 g/mol. The molecule has 4 aromatic rings. The Morgan fingerprint density at radius 2 is 1.64 bits per heavy atom. The Morgan fingerprint density at radius 3 is 2.28 bits per heavy atom. The van der Waals surface area contributed by atoms with Crippen LogP contribution in [0, 0.1) is 13.8 Å². The second kappa shape index (κ2) is 17.8. The highest BCUT2D eigenvalue weighted by Crippen LogP contribution is 2.38. The Kier molecular flexibility index (Phi) is 13.5. The second-order valence-corrected chi connectivity index (χ2v) is 12.0. The molecule has 3 N–H and O–H groups in total. The molecule has 1 aliphatic heterocycles. The lowest BCUT2D eigenvalue weighted by Gasteiger charge is -2.36. The number of hydrogen-bond acceptors (Lipinski definition) is 9. The molecule has 10 heteroatoms. The molecule has 254 valence electrons. The van der Waals surface area contributed by atoms with E-state index >= 15 is 0 Å². The van der Waals surface area contributed by atoms with Crippen LogP contribution in [0.5, 0.6) is 0 Å². The standard InChI is InChI=1S/C33H41N7O2.C2H7N.C2H6/c1-4-40(26-8-6-5-7-9-26)30-18-24(25-19-36-33(37-20-25)39-12-14-42-15-13-39)17-28-27(30)10-11-34-31(28)35-21-29-22(2)16-23(3)38-32(29)41;1-3-2;1-2/h10-11,16-20,26H,4-9,12-15,21H2,1-3H3,(H,34,35)(H,38,41);3H,1-2H3;1-2H3. The number of H-pyrrole nitrogens is 1. The first-order valence-corrected chi connectivity index (χ1v) is 17.3. The predicted molar refractivity (Wildman–Crippen MR) is 196 cm³/mol. The van der Waals surface area contributed by atoms with Gasteiger partial charge in [0.25, 0.3) is 5.56 Å². The third-order valence-electron chi connectivity index (χ3n) is 8.72. The van der Waals surface area contributed by atoms with Crippen LogP contribution in [0.25, 0.3) is 21.9 Å². The van der Waals surface area contributed by atoms with Crippen LogP contribution in [0.3, 0.4) is 0 Å². The molecule has 2 fully saturated rings. The summed E-state index contributed by atoms with van der Waals surface area (Å²) in [7, 11) is 3.75. The summed E-state index contributed by atoms with van der Waals surface area (Å²) in [6, 6.07) is 9.12. The third-order valence-corrected chi connectivity index (χ3v) is 8.72. The van der Waals surface area contributed by atoms with E-state index in [-0.39, 0.29) is 5.56 Å². The van der Waals surface area contributed by atoms with Gasteiger partial charge in [-0.05, 0) is 83.1 Å². The number of hydrogen-bond donors (Lipinski definition) is 3. The Labute approximate surface area is 280 Å². The van der Waals surface area contributed by atoms with E-state index in [4.69, 9.17) is 19.7 Å². The summed E-state index contributed by atoms with van der Waals surface area (Å²) in [6.07, 6.45) is 12.0. The summed E-state index contributed by atoms with van der Waals surface area (Å²) in [5.74, 6) is 1.50. The van der Waals surface area contributed by atoms with Crippen LogP contribution in [-0.2, 0) is 11.3 Å². The molecule has 47 heavy (non-hydrogen) atoms. The smallest absolute Gasteiger partial charge is 0.253 e. The van der Waals surface area contributed by atoms with Crippen LogP contribution in [-0.4, -0.2) is 72.9 Å². The fourth-order valence-corrected chi connectivity index (χ4v) is 6.50. The van der Waals surface area contributed by atoms with Gasteiger partial charge in [-0.3, -0.25) is 4.79 Å². The first-order chi connectivity index (χ1) is 22.9. The summed E-state index contributed by atoms with van der Waals surface area (Å²) in [4.78, 5) is 34.7. The SMILES string of the molecule is CC.CCN(c1cc(-c2cnc(N3CCOCC3)nc2)cc2c(NCc3c(C)cc(C)[nH]c3=O)nccc12)C1CCCCC1.CNC. The van der Waals surface area contributed by atoms with Gasteiger partial charge in [-0.25, -0.2) is 15.0 Å². The molecule has 10 nitrogen and oxygen atoms in total. The van der Waals surface area contributed by atoms with E-state index in [0.717, 1.165) is 70.1 Å². The lowest BCUT2D eigenvalue weighted by atomic mass is 9.92. The van der Waals surface area contributed by atoms with Crippen molar-refractivity contribution in [1.29, 1.82) is 0 Å². The first-order valence-electron chi connectivity index (χ1n) is 17.3. The number of pyridine rings is 2. The van der Waals surface area contributed by atoms with E-state index in [0.29, 0.717) is 25.8 Å². The zero-order valence-corrected chi connectivity index (χ0v) is 29.4. The van der Waals surface area contributed by atoms with Crippen molar-refractivity contribution in [2.45, 2.75) is 79.3 Å². The highest BCUT2D eigenvalue weighted by molar-refractivity contribution is 6.03. The highest BCUT2D eigenvalue weighted by atomic mass is 16.5. The molecule has 1 aliphatic carbocycles. The number of aromatic amines is 1. The number of benzene rings is 1. The molecule has 0 amide bonds. The van der Waals surface area contributed by atoms with E-state index in [2.05, 4.69) is 50.5 Å². The van der Waals surface area contributed by atoms with Crippen LogP contribution in [0.15, 0.2) is 47.7 Å². The van der Waals surface area contributed by atoms with Crippen LogP contribution in [0.2, 0.25) is 0 Å². The number of nitrogens with one attached hydrogen (secondary N) is 3. The Bertz CT molecular complexity index is 1610. The number of nitrogens with zero attached hydrogens (tertiary/aromatic N) is 5. The number of aromatic nitrogens is 4. The molecule has 1 saturated heterocycles. The number of anilines is 3. The van der Waals surface area contributed by atoms with Gasteiger partial charge in [0, 0.05) is 84.1 Å². The number of morpholine rings is 1. The third kappa shape index (κ3) is 8.87.